The fourth-order valence-corrected chi connectivity index (χ4v) is 18.6. The Labute approximate surface area is 127 Å². The number of hydrogen-bond acceptors (Lipinski definition) is 2. The zero-order valence-electron chi connectivity index (χ0n) is 13.2. The van der Waals surface area contributed by atoms with Crippen LogP contribution in [0.25, 0.3) is 0 Å². The van der Waals surface area contributed by atoms with E-state index >= 15 is 0 Å². The number of unbranched alkanes of at least 4 members (excludes halogenated alkanes) is 3. The Balaban J connectivity index is 5.09. The molecular weight excluding hydrogens is 367 g/mol. The van der Waals surface area contributed by atoms with Crippen molar-refractivity contribution in [3.63, 3.8) is 0 Å². The van der Waals surface area contributed by atoms with E-state index in [1.165, 1.54) is 61.3 Å². The summed E-state index contributed by atoms with van der Waals surface area (Å²) in [7, 11) is -1.19. The minimum absolute atomic E-state index is 0.00816. The van der Waals surface area contributed by atoms with Gasteiger partial charge in [-0.05, 0) is 0 Å². The first-order valence-corrected chi connectivity index (χ1v) is 17.4. The van der Waals surface area contributed by atoms with Crippen LogP contribution >= 0.6 is 13.9 Å². The Morgan fingerprint density at radius 3 is 1.58 bits per heavy atom. The Hall–Kier alpha value is 0.508. The molecule has 0 aliphatic carbocycles. The van der Waals surface area contributed by atoms with Gasteiger partial charge in [0.1, 0.15) is 0 Å². The molecule has 0 aromatic carbocycles. The second-order valence-electron chi connectivity index (χ2n) is 5.79. The predicted molar refractivity (Wildman–Crippen MR) is 90.6 cm³/mol. The first kappa shape index (κ1) is 19.5. The van der Waals surface area contributed by atoms with Gasteiger partial charge in [0, 0.05) is 0 Å². The zero-order valence-corrected chi connectivity index (χ0v) is 16.7. The number of ether oxygens (including phenoxy) is 1. The van der Waals surface area contributed by atoms with Gasteiger partial charge in [0.05, 0.1) is 0 Å². The van der Waals surface area contributed by atoms with Crippen molar-refractivity contribution in [2.24, 2.45) is 0 Å². The molecule has 0 spiro atoms. The summed E-state index contributed by atoms with van der Waals surface area (Å²) in [6.45, 7) is 6.71. The second kappa shape index (κ2) is 9.45. The average Bonchev–Trinajstić information content (AvgIpc) is 2.41. The van der Waals surface area contributed by atoms with E-state index in [4.69, 9.17) is 4.74 Å². The van der Waals surface area contributed by atoms with E-state index in [0.29, 0.717) is 5.21 Å². The maximum atomic E-state index is 11.9. The van der Waals surface area contributed by atoms with Crippen LogP contribution in [0.15, 0.2) is 0 Å². The van der Waals surface area contributed by atoms with Gasteiger partial charge < -0.3 is 0 Å². The summed E-state index contributed by atoms with van der Waals surface area (Å²) in [5.41, 5.74) is 0. The Bertz CT molecular complexity index is 244. The standard InChI is InChI=1S/C15H32AsBrO2/c1-5-8-11-16(17,12-9-6-2,13-10-7-3)14-15(18)19-4/h5-14H2,1-4H3. The van der Waals surface area contributed by atoms with Crippen LogP contribution in [0.2, 0.25) is 20.8 Å². The summed E-state index contributed by atoms with van der Waals surface area (Å²) < 4.78 is 4.99. The van der Waals surface area contributed by atoms with Crippen LogP contribution in [0.4, 0.5) is 0 Å². The zero-order chi connectivity index (χ0) is 14.8. The van der Waals surface area contributed by atoms with E-state index in [9.17, 15) is 4.79 Å². The summed E-state index contributed by atoms with van der Waals surface area (Å²) in [6.07, 6.45) is 7.34. The number of hydrogen-bond donors (Lipinski definition) is 0. The third kappa shape index (κ3) is 7.18. The molecule has 0 heterocycles. The molecule has 0 saturated heterocycles. The number of esters is 1. The van der Waals surface area contributed by atoms with Crippen LogP contribution < -0.4 is 0 Å². The molecule has 0 rings (SSSR count). The van der Waals surface area contributed by atoms with Gasteiger partial charge in [-0.3, -0.25) is 0 Å². The fraction of sp³-hybridized carbons (Fsp3) is 0.933. The van der Waals surface area contributed by atoms with Gasteiger partial charge in [-0.25, -0.2) is 0 Å². The van der Waals surface area contributed by atoms with Gasteiger partial charge in [0.15, 0.2) is 0 Å². The summed E-state index contributed by atoms with van der Waals surface area (Å²) in [6, 6.07) is 0. The van der Waals surface area contributed by atoms with E-state index < -0.39 is 10.6 Å². The molecule has 0 N–H and O–H groups in total. The average molecular weight is 399 g/mol. The van der Waals surface area contributed by atoms with Crippen molar-refractivity contribution >= 4 is 30.5 Å². The molecule has 116 valence electrons. The summed E-state index contributed by atoms with van der Waals surface area (Å²) in [5.74, 6) is -0.00816. The molecule has 4 heteroatoms. The van der Waals surface area contributed by atoms with Crippen LogP contribution in [-0.4, -0.2) is 23.7 Å². The van der Waals surface area contributed by atoms with Gasteiger partial charge >= 0.3 is 127 Å². The molecule has 2 nitrogen and oxygen atoms in total. The third-order valence-electron chi connectivity index (χ3n) is 3.96. The fourth-order valence-electron chi connectivity index (χ4n) is 2.62. The molecule has 0 radical (unpaired) electrons. The summed E-state index contributed by atoms with van der Waals surface area (Å²) in [4.78, 5) is 11.9. The first-order valence-electron chi connectivity index (χ1n) is 7.73. The van der Waals surface area contributed by atoms with Crippen molar-refractivity contribution in [3.05, 3.63) is 0 Å². The number of rotatable bonds is 11. The first-order chi connectivity index (χ1) is 8.93. The molecule has 0 aliphatic heterocycles. The molecule has 0 aromatic heterocycles. The number of methoxy groups -OCH3 is 1. The molecule has 0 atom stereocenters. The molecule has 19 heavy (non-hydrogen) atoms. The molecule has 0 amide bonds. The summed E-state index contributed by atoms with van der Waals surface area (Å²) in [5, 5.41) is 4.40. The van der Waals surface area contributed by atoms with Gasteiger partial charge in [-0.15, -0.1) is 0 Å². The summed E-state index contributed by atoms with van der Waals surface area (Å²) >= 11 is 4.22. The van der Waals surface area contributed by atoms with Crippen LogP contribution in [0.1, 0.15) is 59.3 Å². The molecule has 0 unspecified atom stereocenters. The van der Waals surface area contributed by atoms with E-state index in [1.54, 1.807) is 0 Å². The number of halogens is 1. The minimum atomic E-state index is -2.71. The van der Waals surface area contributed by atoms with Crippen LogP contribution in [0.3, 0.4) is 0 Å². The Morgan fingerprint density at radius 1 is 0.947 bits per heavy atom. The van der Waals surface area contributed by atoms with Crippen molar-refractivity contribution in [3.8, 4) is 0 Å². The van der Waals surface area contributed by atoms with Crippen molar-refractivity contribution < 1.29 is 9.53 Å². The van der Waals surface area contributed by atoms with E-state index in [0.717, 1.165) is 0 Å². The van der Waals surface area contributed by atoms with E-state index in [1.807, 2.05) is 0 Å². The van der Waals surface area contributed by atoms with Gasteiger partial charge in [-0.1, -0.05) is 0 Å². The Morgan fingerprint density at radius 2 is 1.32 bits per heavy atom. The monoisotopic (exact) mass is 398 g/mol. The predicted octanol–water partition coefficient (Wildman–Crippen LogP) is 5.85. The normalized spacial score (nSPS) is 13.8. The molecule has 0 saturated carbocycles. The SMILES string of the molecule is CCCC[As](Br)(CCCC)(CCCC)CC(=O)OC. The molecule has 0 aliphatic rings. The Kier molecular flexibility index (Phi) is 9.70. The maximum absolute atomic E-state index is 11.9. The molecule has 0 aromatic rings. The molecular formula is C15H32AsBrO2. The van der Waals surface area contributed by atoms with Crippen molar-refractivity contribution in [1.82, 2.24) is 0 Å². The van der Waals surface area contributed by atoms with Crippen molar-refractivity contribution in [2.45, 2.75) is 80.1 Å². The third-order valence-corrected chi connectivity index (χ3v) is 22.0. The molecule has 0 fully saturated rings. The molecule has 0 bridgehead atoms. The number of carbonyl (C=O) groups is 1. The van der Waals surface area contributed by atoms with E-state index in [-0.39, 0.29) is 5.97 Å². The van der Waals surface area contributed by atoms with Crippen LogP contribution in [0, 0.1) is 0 Å². The van der Waals surface area contributed by atoms with E-state index in [2.05, 4.69) is 34.7 Å². The topological polar surface area (TPSA) is 26.3 Å². The van der Waals surface area contributed by atoms with Gasteiger partial charge in [-0.2, -0.15) is 0 Å². The van der Waals surface area contributed by atoms with Crippen molar-refractivity contribution in [2.75, 3.05) is 7.11 Å². The number of carbonyl (C=O) groups excluding carboxylic acids is 1. The quantitative estimate of drug-likeness (QED) is 0.322. The van der Waals surface area contributed by atoms with Crippen LogP contribution in [-0.2, 0) is 9.53 Å². The van der Waals surface area contributed by atoms with Gasteiger partial charge in [0.2, 0.25) is 0 Å². The van der Waals surface area contributed by atoms with Crippen molar-refractivity contribution in [1.29, 1.82) is 0 Å². The van der Waals surface area contributed by atoms with Gasteiger partial charge in [0.25, 0.3) is 0 Å². The second-order valence-corrected chi connectivity index (χ2v) is 27.3. The van der Waals surface area contributed by atoms with Crippen LogP contribution in [0.5, 0.6) is 0 Å².